The molecule has 1 fully saturated rings. The van der Waals surface area contributed by atoms with Gasteiger partial charge in [-0.2, -0.15) is 0 Å². The maximum absolute atomic E-state index is 10.9. The zero-order chi connectivity index (χ0) is 10.1. The Hall–Kier alpha value is -0.640. The van der Waals surface area contributed by atoms with Crippen LogP contribution in [0.3, 0.4) is 0 Å². The van der Waals surface area contributed by atoms with Crippen LogP contribution in [0.15, 0.2) is 12.2 Å². The summed E-state index contributed by atoms with van der Waals surface area (Å²) in [6.45, 7) is 5.73. The van der Waals surface area contributed by atoms with Crippen LogP contribution in [-0.4, -0.2) is 26.2 Å². The smallest absolute Gasteiger partial charge is 0.152 e. The molecule has 0 bridgehead atoms. The zero-order valence-corrected chi connectivity index (χ0v) is 8.56. The van der Waals surface area contributed by atoms with Crippen LogP contribution in [-0.2, 0) is 14.6 Å². The van der Waals surface area contributed by atoms with Crippen LogP contribution in [0.2, 0.25) is 0 Å². The zero-order valence-electron chi connectivity index (χ0n) is 7.75. The van der Waals surface area contributed by atoms with Gasteiger partial charge in [-0.25, -0.2) is 8.42 Å². The molecule has 1 heterocycles. The molecule has 0 saturated carbocycles. The van der Waals surface area contributed by atoms with Gasteiger partial charge in [0, 0.05) is 0 Å². The summed E-state index contributed by atoms with van der Waals surface area (Å²) < 4.78 is 21.9. The van der Waals surface area contributed by atoms with Crippen molar-refractivity contribution in [1.29, 1.82) is 0 Å². The summed E-state index contributed by atoms with van der Waals surface area (Å²) in [6, 6.07) is 0. The number of rotatable bonds is 4. The molecular weight excluding hydrogens is 188 g/mol. The lowest BCUT2D eigenvalue weighted by atomic mass is 9.85. The van der Waals surface area contributed by atoms with E-state index >= 15 is 0 Å². The van der Waals surface area contributed by atoms with Gasteiger partial charge in [0.1, 0.15) is 6.29 Å². The Kier molecular flexibility index (Phi) is 2.61. The van der Waals surface area contributed by atoms with Gasteiger partial charge in [0.25, 0.3) is 0 Å². The van der Waals surface area contributed by atoms with Gasteiger partial charge in [-0.3, -0.25) is 0 Å². The maximum Gasteiger partial charge on any atom is 0.152 e. The van der Waals surface area contributed by atoms with E-state index in [0.29, 0.717) is 6.42 Å². The molecule has 74 valence electrons. The molecule has 0 N–H and O–H groups in total. The topological polar surface area (TPSA) is 51.2 Å². The third-order valence-electron chi connectivity index (χ3n) is 2.37. The molecule has 1 aliphatic heterocycles. The van der Waals surface area contributed by atoms with Crippen LogP contribution in [0.4, 0.5) is 0 Å². The number of sulfone groups is 1. The molecule has 4 heteroatoms. The van der Waals surface area contributed by atoms with Crippen LogP contribution < -0.4 is 0 Å². The summed E-state index contributed by atoms with van der Waals surface area (Å²) in [5.41, 5.74) is 0.299. The van der Waals surface area contributed by atoms with Crippen LogP contribution in [0.1, 0.15) is 19.8 Å². The van der Waals surface area contributed by atoms with E-state index in [0.717, 1.165) is 18.3 Å². The molecule has 0 radical (unpaired) electrons. The normalized spacial score (nSPS) is 23.2. The van der Waals surface area contributed by atoms with E-state index in [2.05, 4.69) is 6.58 Å². The second-order valence-electron chi connectivity index (χ2n) is 3.79. The van der Waals surface area contributed by atoms with E-state index in [-0.39, 0.29) is 11.5 Å². The number of hydrogen-bond acceptors (Lipinski definition) is 3. The fourth-order valence-corrected chi connectivity index (χ4v) is 3.68. The third kappa shape index (κ3) is 2.18. The summed E-state index contributed by atoms with van der Waals surface area (Å²) in [4.78, 5) is 10.7. The van der Waals surface area contributed by atoms with Gasteiger partial charge in [-0.15, -0.1) is 0 Å². The minimum atomic E-state index is -2.93. The summed E-state index contributed by atoms with van der Waals surface area (Å²) in [5, 5.41) is 0. The molecule has 1 rings (SSSR count). The Bertz CT molecular complexity index is 315. The summed E-state index contributed by atoms with van der Waals surface area (Å²) in [5.74, 6) is 0.00500. The molecule has 0 spiro atoms. The van der Waals surface area contributed by atoms with Crippen molar-refractivity contribution in [3.05, 3.63) is 12.2 Å². The SMILES string of the molecule is C=C(CC)CC1(C=O)CS(=O)(=O)C1. The largest absolute Gasteiger partial charge is 0.303 e. The van der Waals surface area contributed by atoms with Gasteiger partial charge in [0.05, 0.1) is 16.9 Å². The van der Waals surface area contributed by atoms with Gasteiger partial charge >= 0.3 is 0 Å². The molecule has 1 saturated heterocycles. The van der Waals surface area contributed by atoms with E-state index in [9.17, 15) is 13.2 Å². The van der Waals surface area contributed by atoms with Gasteiger partial charge in [0.15, 0.2) is 9.84 Å². The van der Waals surface area contributed by atoms with Crippen molar-refractivity contribution in [3.8, 4) is 0 Å². The second kappa shape index (κ2) is 3.25. The van der Waals surface area contributed by atoms with Crippen LogP contribution in [0.25, 0.3) is 0 Å². The highest BCUT2D eigenvalue weighted by atomic mass is 32.2. The van der Waals surface area contributed by atoms with Crippen molar-refractivity contribution in [2.24, 2.45) is 5.41 Å². The first kappa shape index (κ1) is 10.4. The van der Waals surface area contributed by atoms with Crippen molar-refractivity contribution < 1.29 is 13.2 Å². The maximum atomic E-state index is 10.9. The number of allylic oxidation sites excluding steroid dienone is 1. The van der Waals surface area contributed by atoms with Gasteiger partial charge in [-0.1, -0.05) is 19.1 Å². The van der Waals surface area contributed by atoms with E-state index < -0.39 is 15.3 Å². The van der Waals surface area contributed by atoms with Crippen LogP contribution >= 0.6 is 0 Å². The van der Waals surface area contributed by atoms with Crippen molar-refractivity contribution in [2.45, 2.75) is 19.8 Å². The molecule has 13 heavy (non-hydrogen) atoms. The van der Waals surface area contributed by atoms with Gasteiger partial charge in [-0.05, 0) is 12.8 Å². The standard InChI is InChI=1S/C9H14O3S/c1-3-8(2)4-9(5-10)6-13(11,12)7-9/h5H,2-4,6-7H2,1H3. The number of carbonyl (C=O) groups is 1. The molecule has 0 unspecified atom stereocenters. The minimum Gasteiger partial charge on any atom is -0.303 e. The molecule has 1 aliphatic rings. The molecular formula is C9H14O3S. The van der Waals surface area contributed by atoms with E-state index in [4.69, 9.17) is 0 Å². The summed E-state index contributed by atoms with van der Waals surface area (Å²) in [6.07, 6.45) is 2.09. The first-order valence-corrected chi connectivity index (χ1v) is 6.08. The molecule has 0 aromatic rings. The summed E-state index contributed by atoms with van der Waals surface area (Å²) >= 11 is 0. The van der Waals surface area contributed by atoms with Gasteiger partial charge < -0.3 is 4.79 Å². The number of carbonyl (C=O) groups excluding carboxylic acids is 1. The fraction of sp³-hybridized carbons (Fsp3) is 0.667. The highest BCUT2D eigenvalue weighted by molar-refractivity contribution is 7.93. The van der Waals surface area contributed by atoms with Crippen molar-refractivity contribution in [3.63, 3.8) is 0 Å². The Balaban J connectivity index is 2.66. The molecule has 0 aromatic carbocycles. The Morgan fingerprint density at radius 1 is 1.54 bits per heavy atom. The van der Waals surface area contributed by atoms with E-state index in [1.54, 1.807) is 0 Å². The molecule has 0 amide bonds. The van der Waals surface area contributed by atoms with Crippen molar-refractivity contribution >= 4 is 16.1 Å². The molecule has 0 atom stereocenters. The predicted octanol–water partition coefficient (Wildman–Crippen LogP) is 0.956. The van der Waals surface area contributed by atoms with Crippen LogP contribution in [0.5, 0.6) is 0 Å². The lowest BCUT2D eigenvalue weighted by Crippen LogP contribution is -2.49. The third-order valence-corrected chi connectivity index (χ3v) is 4.40. The number of aldehydes is 1. The molecule has 0 aliphatic carbocycles. The number of hydrogen-bond donors (Lipinski definition) is 0. The second-order valence-corrected chi connectivity index (χ2v) is 5.86. The Morgan fingerprint density at radius 2 is 2.08 bits per heavy atom. The van der Waals surface area contributed by atoms with E-state index in [1.807, 2.05) is 6.92 Å². The molecule has 0 aromatic heterocycles. The highest BCUT2D eigenvalue weighted by Crippen LogP contribution is 2.36. The lowest BCUT2D eigenvalue weighted by molar-refractivity contribution is -0.114. The molecule has 3 nitrogen and oxygen atoms in total. The van der Waals surface area contributed by atoms with Crippen LogP contribution in [0, 0.1) is 5.41 Å². The first-order chi connectivity index (χ1) is 5.93. The van der Waals surface area contributed by atoms with E-state index in [1.165, 1.54) is 0 Å². The Labute approximate surface area is 78.8 Å². The monoisotopic (exact) mass is 202 g/mol. The highest BCUT2D eigenvalue weighted by Gasteiger charge is 2.48. The first-order valence-electron chi connectivity index (χ1n) is 4.26. The predicted molar refractivity (Wildman–Crippen MR) is 51.2 cm³/mol. The van der Waals surface area contributed by atoms with Crippen molar-refractivity contribution in [2.75, 3.05) is 11.5 Å². The minimum absolute atomic E-state index is 0.00250. The van der Waals surface area contributed by atoms with Gasteiger partial charge in [0.2, 0.25) is 0 Å². The average molecular weight is 202 g/mol. The fourth-order valence-electron chi connectivity index (χ4n) is 1.67. The lowest BCUT2D eigenvalue weighted by Gasteiger charge is -2.36. The average Bonchev–Trinajstić information content (AvgIpc) is 2.00. The quantitative estimate of drug-likeness (QED) is 0.504. The summed E-state index contributed by atoms with van der Waals surface area (Å²) in [7, 11) is -2.93. The Morgan fingerprint density at radius 3 is 2.38 bits per heavy atom. The van der Waals surface area contributed by atoms with Crippen molar-refractivity contribution in [1.82, 2.24) is 0 Å².